The van der Waals surface area contributed by atoms with Crippen molar-refractivity contribution in [3.63, 3.8) is 0 Å². The van der Waals surface area contributed by atoms with Crippen molar-refractivity contribution in [2.75, 3.05) is 0 Å². The minimum atomic E-state index is 0.0499. The first-order valence-corrected chi connectivity index (χ1v) is 7.20. The minimum Gasteiger partial charge on any atom is -0.435 e. The molecule has 0 bridgehead atoms. The molecule has 0 aromatic heterocycles. The largest absolute Gasteiger partial charge is 0.435 e. The lowest BCUT2D eigenvalue weighted by Crippen LogP contribution is -2.28. The van der Waals surface area contributed by atoms with Crippen molar-refractivity contribution in [1.29, 1.82) is 0 Å². The molecule has 0 unspecified atom stereocenters. The fourth-order valence-corrected chi connectivity index (χ4v) is 3.54. The molecule has 0 spiro atoms. The highest BCUT2D eigenvalue weighted by Gasteiger charge is 2.13. The molecule has 5 heteroatoms. The maximum Gasteiger partial charge on any atom is 0.409 e. The minimum absolute atomic E-state index is 0.0499. The SMILES string of the molecule is Cc1c(C)c(C)c([Si]O[Si]O[Si])c(C)c1C. The van der Waals surface area contributed by atoms with Gasteiger partial charge in [0.1, 0.15) is 0 Å². The topological polar surface area (TPSA) is 18.5 Å². The summed E-state index contributed by atoms with van der Waals surface area (Å²) in [5.74, 6) is 0. The van der Waals surface area contributed by atoms with Gasteiger partial charge in [-0.2, -0.15) is 0 Å². The molecule has 0 fully saturated rings. The Balaban J connectivity index is 3.08. The van der Waals surface area contributed by atoms with Gasteiger partial charge in [0.2, 0.25) is 10.5 Å². The fourth-order valence-electron chi connectivity index (χ4n) is 1.75. The van der Waals surface area contributed by atoms with E-state index in [2.05, 4.69) is 45.1 Å². The molecular weight excluding hydrogens is 248 g/mol. The van der Waals surface area contributed by atoms with E-state index < -0.39 is 0 Å². The van der Waals surface area contributed by atoms with Crippen LogP contribution in [0, 0.1) is 34.6 Å². The second-order valence-electron chi connectivity index (χ2n) is 3.89. The molecule has 1 aromatic rings. The summed E-state index contributed by atoms with van der Waals surface area (Å²) >= 11 is 0. The summed E-state index contributed by atoms with van der Waals surface area (Å²) in [5.41, 5.74) is 6.83. The number of rotatable bonds is 4. The molecule has 0 aliphatic rings. The van der Waals surface area contributed by atoms with E-state index >= 15 is 0 Å². The predicted molar refractivity (Wildman–Crippen MR) is 69.2 cm³/mol. The maximum absolute atomic E-state index is 5.47. The van der Waals surface area contributed by atoms with Crippen LogP contribution >= 0.6 is 0 Å². The van der Waals surface area contributed by atoms with Crippen molar-refractivity contribution in [1.82, 2.24) is 0 Å². The Morgan fingerprint density at radius 3 is 1.69 bits per heavy atom. The molecule has 0 atom stereocenters. The van der Waals surface area contributed by atoms with Gasteiger partial charge in [-0.25, -0.2) is 0 Å². The summed E-state index contributed by atoms with van der Waals surface area (Å²) in [7, 11) is 3.34. The molecule has 1 aromatic carbocycles. The van der Waals surface area contributed by atoms with Gasteiger partial charge in [0.25, 0.3) is 9.76 Å². The van der Waals surface area contributed by atoms with Crippen molar-refractivity contribution in [2.45, 2.75) is 34.6 Å². The average Bonchev–Trinajstić information content (AvgIpc) is 2.28. The van der Waals surface area contributed by atoms with Crippen LogP contribution in [-0.2, 0) is 8.23 Å². The zero-order chi connectivity index (χ0) is 12.3. The van der Waals surface area contributed by atoms with E-state index in [1.54, 1.807) is 0 Å². The van der Waals surface area contributed by atoms with Gasteiger partial charge < -0.3 is 8.23 Å². The summed E-state index contributed by atoms with van der Waals surface area (Å²) in [6, 6.07) is 0. The number of hydrogen-bond donors (Lipinski definition) is 0. The second-order valence-corrected chi connectivity index (χ2v) is 6.39. The fraction of sp³-hybridized carbons (Fsp3) is 0.455. The van der Waals surface area contributed by atoms with Crippen LogP contribution in [0.2, 0.25) is 0 Å². The molecule has 0 saturated heterocycles. The highest BCUT2D eigenvalue weighted by molar-refractivity contribution is 6.54. The summed E-state index contributed by atoms with van der Waals surface area (Å²) < 4.78 is 10.2. The standard InChI is InChI=1S/C11H15O2Si3/c1-6-7(2)9(4)11(10(5)8(6)3)15-13-16-12-14/h1-5H3. The van der Waals surface area contributed by atoms with Crippen LogP contribution in [0.1, 0.15) is 27.8 Å². The van der Waals surface area contributed by atoms with Crippen LogP contribution in [-0.4, -0.2) is 30.3 Å². The lowest BCUT2D eigenvalue weighted by molar-refractivity contribution is 0.507. The lowest BCUT2D eigenvalue weighted by atomic mass is 9.95. The Bertz CT molecular complexity index is 362. The highest BCUT2D eigenvalue weighted by atomic mass is 28.3. The van der Waals surface area contributed by atoms with Crippen LogP contribution in [0.15, 0.2) is 0 Å². The zero-order valence-corrected chi connectivity index (χ0v) is 13.3. The highest BCUT2D eigenvalue weighted by Crippen LogP contribution is 2.18. The van der Waals surface area contributed by atoms with Crippen LogP contribution in [0.5, 0.6) is 0 Å². The molecular formula is C11H15O2Si3. The number of benzene rings is 1. The second kappa shape index (κ2) is 5.92. The summed E-state index contributed by atoms with van der Waals surface area (Å²) in [4.78, 5) is 0. The van der Waals surface area contributed by atoms with Gasteiger partial charge in [0.15, 0.2) is 0 Å². The predicted octanol–water partition coefficient (Wildman–Crippen LogP) is 1.12. The first-order valence-electron chi connectivity index (χ1n) is 5.07. The summed E-state index contributed by atoms with van der Waals surface area (Å²) in [5, 5.41) is 1.32. The van der Waals surface area contributed by atoms with E-state index in [1.807, 2.05) is 0 Å². The molecule has 83 valence electrons. The molecule has 7 radical (unpaired) electrons. The smallest absolute Gasteiger partial charge is 0.409 e. The van der Waals surface area contributed by atoms with Crippen molar-refractivity contribution in [3.05, 3.63) is 27.8 Å². The van der Waals surface area contributed by atoms with Crippen molar-refractivity contribution in [3.8, 4) is 0 Å². The molecule has 2 nitrogen and oxygen atoms in total. The van der Waals surface area contributed by atoms with Gasteiger partial charge in [-0.15, -0.1) is 0 Å². The molecule has 0 heterocycles. The third kappa shape index (κ3) is 2.72. The molecule has 16 heavy (non-hydrogen) atoms. The Morgan fingerprint density at radius 2 is 1.25 bits per heavy atom. The van der Waals surface area contributed by atoms with E-state index in [0.717, 1.165) is 0 Å². The third-order valence-electron chi connectivity index (χ3n) is 3.24. The Morgan fingerprint density at radius 1 is 0.812 bits per heavy atom. The van der Waals surface area contributed by atoms with Crippen molar-refractivity contribution in [2.24, 2.45) is 0 Å². The summed E-state index contributed by atoms with van der Waals surface area (Å²) in [6.07, 6.45) is 0. The first kappa shape index (κ1) is 13.9. The van der Waals surface area contributed by atoms with E-state index in [4.69, 9.17) is 8.23 Å². The Labute approximate surface area is 106 Å². The average molecular weight is 263 g/mol. The molecule has 0 N–H and O–H groups in total. The Kier molecular flexibility index (Phi) is 5.13. The van der Waals surface area contributed by atoms with Gasteiger partial charge in [0.05, 0.1) is 0 Å². The molecule has 0 aliphatic heterocycles. The van der Waals surface area contributed by atoms with Gasteiger partial charge in [-0.1, -0.05) is 0 Å². The molecule has 1 rings (SSSR count). The lowest BCUT2D eigenvalue weighted by Gasteiger charge is -2.17. The monoisotopic (exact) mass is 263 g/mol. The van der Waals surface area contributed by atoms with Crippen molar-refractivity contribution < 1.29 is 8.23 Å². The normalized spacial score (nSPS) is 10.9. The molecule has 0 amide bonds. The quantitative estimate of drug-likeness (QED) is 0.599. The van der Waals surface area contributed by atoms with Crippen molar-refractivity contribution >= 4 is 35.4 Å². The van der Waals surface area contributed by atoms with Gasteiger partial charge in [0, 0.05) is 0 Å². The van der Waals surface area contributed by atoms with E-state index in [-0.39, 0.29) is 10.0 Å². The first-order chi connectivity index (χ1) is 7.50. The summed E-state index contributed by atoms with van der Waals surface area (Å²) in [6.45, 7) is 10.9. The van der Waals surface area contributed by atoms with E-state index in [1.165, 1.54) is 33.0 Å². The van der Waals surface area contributed by atoms with Crippen LogP contribution in [0.4, 0.5) is 0 Å². The zero-order valence-electron chi connectivity index (χ0n) is 10.3. The molecule has 0 aliphatic carbocycles. The van der Waals surface area contributed by atoms with E-state index in [0.29, 0.717) is 9.76 Å². The van der Waals surface area contributed by atoms with Gasteiger partial charge in [-0.05, 0) is 67.6 Å². The van der Waals surface area contributed by atoms with Crippen LogP contribution in [0.3, 0.4) is 0 Å². The number of hydrogen-bond acceptors (Lipinski definition) is 2. The van der Waals surface area contributed by atoms with Gasteiger partial charge >= 0.3 is 10.0 Å². The van der Waals surface area contributed by atoms with Gasteiger partial charge in [-0.3, -0.25) is 0 Å². The third-order valence-corrected chi connectivity index (χ3v) is 5.27. The van der Waals surface area contributed by atoms with Crippen LogP contribution < -0.4 is 5.19 Å². The maximum atomic E-state index is 5.47. The Hall–Kier alpha value is -0.209. The van der Waals surface area contributed by atoms with Crippen LogP contribution in [0.25, 0.3) is 0 Å². The van der Waals surface area contributed by atoms with E-state index in [9.17, 15) is 0 Å². The molecule has 0 saturated carbocycles.